The van der Waals surface area contributed by atoms with Crippen LogP contribution in [0.15, 0.2) is 35.0 Å². The Labute approximate surface area is 156 Å². The van der Waals surface area contributed by atoms with Gasteiger partial charge in [-0.2, -0.15) is 0 Å². The molecule has 2 atom stereocenters. The van der Waals surface area contributed by atoms with E-state index >= 15 is 0 Å². The lowest BCUT2D eigenvalue weighted by atomic mass is 9.82. The second-order valence-corrected chi connectivity index (χ2v) is 9.18. The van der Waals surface area contributed by atoms with Crippen LogP contribution in [-0.2, 0) is 14.3 Å². The van der Waals surface area contributed by atoms with E-state index in [1.807, 2.05) is 41.5 Å². The average Bonchev–Trinajstić information content (AvgIpc) is 2.87. The first-order valence-corrected chi connectivity index (χ1v) is 9.55. The molecule has 1 aliphatic heterocycles. The van der Waals surface area contributed by atoms with Crippen LogP contribution in [0.4, 0.5) is 0 Å². The Morgan fingerprint density at radius 1 is 1.40 bits per heavy atom. The van der Waals surface area contributed by atoms with E-state index in [1.54, 1.807) is 30.8 Å². The molecule has 1 heterocycles. The maximum atomic E-state index is 12.5. The van der Waals surface area contributed by atoms with Crippen molar-refractivity contribution in [2.24, 2.45) is 5.41 Å². The molecule has 1 unspecified atom stereocenters. The van der Waals surface area contributed by atoms with Gasteiger partial charge in [-0.3, -0.25) is 0 Å². The number of esters is 1. The summed E-state index contributed by atoms with van der Waals surface area (Å²) < 4.78 is 11.3. The first-order valence-electron chi connectivity index (χ1n) is 8.67. The van der Waals surface area contributed by atoms with E-state index in [-0.39, 0.29) is 11.2 Å². The highest BCUT2D eigenvalue weighted by atomic mass is 32.2. The zero-order valence-corrected chi connectivity index (χ0v) is 17.3. The molecule has 0 aromatic heterocycles. The number of aliphatic hydroxyl groups excluding tert-OH is 1. The van der Waals surface area contributed by atoms with Gasteiger partial charge >= 0.3 is 5.97 Å². The molecule has 0 saturated carbocycles. The molecule has 1 rings (SSSR count). The van der Waals surface area contributed by atoms with E-state index in [0.717, 1.165) is 10.5 Å². The van der Waals surface area contributed by atoms with E-state index in [4.69, 9.17) is 9.47 Å². The van der Waals surface area contributed by atoms with Gasteiger partial charge in [0.15, 0.2) is 6.10 Å². The van der Waals surface area contributed by atoms with Gasteiger partial charge in [0.25, 0.3) is 0 Å². The first kappa shape index (κ1) is 21.8. The van der Waals surface area contributed by atoms with Crippen molar-refractivity contribution >= 4 is 17.7 Å². The molecule has 0 amide bonds. The summed E-state index contributed by atoms with van der Waals surface area (Å²) in [5.41, 5.74) is 0.0410. The van der Waals surface area contributed by atoms with Gasteiger partial charge in [0, 0.05) is 10.7 Å². The first-order chi connectivity index (χ1) is 11.4. The van der Waals surface area contributed by atoms with Crippen LogP contribution in [0.5, 0.6) is 0 Å². The monoisotopic (exact) mass is 368 g/mol. The highest BCUT2D eigenvalue weighted by Crippen LogP contribution is 2.50. The van der Waals surface area contributed by atoms with Crippen LogP contribution in [0.3, 0.4) is 0 Å². The van der Waals surface area contributed by atoms with Crippen molar-refractivity contribution in [1.29, 1.82) is 0 Å². The number of carbonyl (C=O) groups excluding carboxylic acids is 1. The Hall–Kier alpha value is -1.20. The smallest absolute Gasteiger partial charge is 0.339 e. The summed E-state index contributed by atoms with van der Waals surface area (Å²) in [6.07, 6.45) is 3.17. The van der Waals surface area contributed by atoms with E-state index < -0.39 is 17.1 Å². The normalized spacial score (nSPS) is 20.6. The zero-order valence-electron chi connectivity index (χ0n) is 16.5. The molecular weight excluding hydrogens is 336 g/mol. The van der Waals surface area contributed by atoms with Gasteiger partial charge < -0.3 is 14.6 Å². The number of rotatable bonds is 7. The Bertz CT molecular complexity index is 567. The molecule has 0 saturated heterocycles. The quantitative estimate of drug-likeness (QED) is 0.382. The minimum atomic E-state index is -0.709. The molecule has 0 fully saturated rings. The molecule has 25 heavy (non-hydrogen) atoms. The van der Waals surface area contributed by atoms with Gasteiger partial charge in [-0.1, -0.05) is 26.5 Å². The number of hydrogen-bond donors (Lipinski definition) is 1. The minimum absolute atomic E-state index is 0.110. The lowest BCUT2D eigenvalue weighted by Gasteiger charge is -2.31. The Kier molecular flexibility index (Phi) is 7.39. The van der Waals surface area contributed by atoms with E-state index in [0.29, 0.717) is 18.8 Å². The number of allylic oxidation sites excluding steroid dienone is 4. The molecule has 142 valence electrons. The second kappa shape index (κ2) is 8.45. The predicted octanol–water partition coefficient (Wildman–Crippen LogP) is 5.17. The summed E-state index contributed by atoms with van der Waals surface area (Å²) in [5, 5.41) is 10.5. The fourth-order valence-electron chi connectivity index (χ4n) is 2.69. The van der Waals surface area contributed by atoms with Crippen molar-refractivity contribution in [1.82, 2.24) is 0 Å². The number of carbonyl (C=O) groups is 1. The third kappa shape index (κ3) is 5.65. The van der Waals surface area contributed by atoms with Crippen LogP contribution in [0.25, 0.3) is 0 Å². The van der Waals surface area contributed by atoms with E-state index in [2.05, 4.69) is 6.58 Å². The minimum Gasteiger partial charge on any atom is -0.512 e. The summed E-state index contributed by atoms with van der Waals surface area (Å²) in [5.74, 6) is -0.0600. The van der Waals surface area contributed by atoms with Crippen LogP contribution in [0.1, 0.15) is 54.9 Å². The van der Waals surface area contributed by atoms with Gasteiger partial charge in [0.1, 0.15) is 0 Å². The largest absolute Gasteiger partial charge is 0.512 e. The standard InChI is InChI=1S/C20H32O4S/c1-9-11-15(21)20(7,8)16-12-14(13(3)25-16)17(18(22)23-10-2)24-19(4,5)6/h9,11,16-17,21H,1,10,12H2,2-8H3/b15-11+/t16-,17?/m0/s1. The molecule has 5 heteroatoms. The van der Waals surface area contributed by atoms with Crippen LogP contribution in [0, 0.1) is 5.41 Å². The summed E-state index contributed by atoms with van der Waals surface area (Å²) in [6, 6.07) is 0. The van der Waals surface area contributed by atoms with Crippen molar-refractivity contribution in [2.75, 3.05) is 6.61 Å². The molecule has 0 aliphatic carbocycles. The fraction of sp³-hybridized carbons (Fsp3) is 0.650. The van der Waals surface area contributed by atoms with E-state index in [9.17, 15) is 9.90 Å². The Morgan fingerprint density at radius 2 is 2.00 bits per heavy atom. The summed E-state index contributed by atoms with van der Waals surface area (Å²) >= 11 is 1.68. The lowest BCUT2D eigenvalue weighted by molar-refractivity contribution is -0.162. The number of ether oxygens (including phenoxy) is 2. The number of hydrogen-bond acceptors (Lipinski definition) is 5. The van der Waals surface area contributed by atoms with Crippen molar-refractivity contribution in [2.45, 2.75) is 71.8 Å². The van der Waals surface area contributed by atoms with E-state index in [1.165, 1.54) is 0 Å². The molecular formula is C20H32O4S. The Balaban J connectivity index is 3.09. The molecule has 1 N–H and O–H groups in total. The summed E-state index contributed by atoms with van der Waals surface area (Å²) in [7, 11) is 0. The van der Waals surface area contributed by atoms with Gasteiger partial charge in [-0.05, 0) is 57.6 Å². The number of thioether (sulfide) groups is 1. The van der Waals surface area contributed by atoms with Crippen LogP contribution >= 0.6 is 11.8 Å². The maximum absolute atomic E-state index is 12.5. The van der Waals surface area contributed by atoms with Gasteiger partial charge in [0.05, 0.1) is 18.0 Å². The van der Waals surface area contributed by atoms with Crippen molar-refractivity contribution in [3.05, 3.63) is 35.0 Å². The Morgan fingerprint density at radius 3 is 2.48 bits per heavy atom. The third-order valence-corrected chi connectivity index (χ3v) is 5.86. The molecule has 0 bridgehead atoms. The van der Waals surface area contributed by atoms with Crippen molar-refractivity contribution < 1.29 is 19.4 Å². The van der Waals surface area contributed by atoms with Crippen LogP contribution in [-0.4, -0.2) is 34.6 Å². The average molecular weight is 369 g/mol. The summed E-state index contributed by atoms with van der Waals surface area (Å²) in [6.45, 7) is 17.5. The number of aliphatic hydroxyl groups is 1. The highest BCUT2D eigenvalue weighted by Gasteiger charge is 2.42. The molecule has 1 aliphatic rings. The SMILES string of the molecule is C=C/C=C(/O)C(C)(C)[C@@H]1CC(C(OC(C)(C)C)C(=O)OCC)=C(C)S1. The van der Waals surface area contributed by atoms with Gasteiger partial charge in [-0.15, -0.1) is 11.8 Å². The maximum Gasteiger partial charge on any atom is 0.339 e. The van der Waals surface area contributed by atoms with Gasteiger partial charge in [-0.25, -0.2) is 4.79 Å². The highest BCUT2D eigenvalue weighted by molar-refractivity contribution is 8.04. The molecule has 0 spiro atoms. The van der Waals surface area contributed by atoms with Crippen LogP contribution in [0.2, 0.25) is 0 Å². The van der Waals surface area contributed by atoms with Gasteiger partial charge in [0.2, 0.25) is 0 Å². The lowest BCUT2D eigenvalue weighted by Crippen LogP contribution is -2.37. The molecule has 4 nitrogen and oxygen atoms in total. The summed E-state index contributed by atoms with van der Waals surface area (Å²) in [4.78, 5) is 13.5. The zero-order chi connectivity index (χ0) is 19.4. The predicted molar refractivity (Wildman–Crippen MR) is 105 cm³/mol. The second-order valence-electron chi connectivity index (χ2n) is 7.76. The topological polar surface area (TPSA) is 55.8 Å². The van der Waals surface area contributed by atoms with Crippen molar-refractivity contribution in [3.8, 4) is 0 Å². The molecule has 0 aromatic carbocycles. The molecule has 0 radical (unpaired) electrons. The third-order valence-electron chi connectivity index (χ3n) is 4.21. The molecule has 0 aromatic rings. The van der Waals surface area contributed by atoms with Crippen LogP contribution < -0.4 is 0 Å². The fourth-order valence-corrected chi connectivity index (χ4v) is 4.14. The van der Waals surface area contributed by atoms with Crippen molar-refractivity contribution in [3.63, 3.8) is 0 Å².